The molecule has 2 aromatic carbocycles. The Labute approximate surface area is 177 Å². The molecule has 3 N–H and O–H groups in total. The van der Waals surface area contributed by atoms with E-state index in [1.54, 1.807) is 0 Å². The van der Waals surface area contributed by atoms with Crippen molar-refractivity contribution in [2.24, 2.45) is 5.92 Å². The van der Waals surface area contributed by atoms with Gasteiger partial charge in [-0.2, -0.15) is 0 Å². The van der Waals surface area contributed by atoms with E-state index < -0.39 is 15.9 Å². The molecule has 1 saturated carbocycles. The van der Waals surface area contributed by atoms with Crippen LogP contribution in [0, 0.1) is 5.92 Å². The van der Waals surface area contributed by atoms with Gasteiger partial charge in [-0.15, -0.1) is 0 Å². The Hall–Kier alpha value is -2.71. The van der Waals surface area contributed by atoms with Crippen LogP contribution < -0.4 is 15.6 Å². The standard InChI is InChI=1S/C22H27N3O4S/c26-21(14-17-8-3-1-4-9-17)24-25-22(27)19-12-7-13-20(15-19)30(28,29)23-16-18-10-5-2-6-11-18/h2,5-7,10-13,15,17,23H,1,3-4,8-9,14,16H2,(H,24,26)(H,25,27). The van der Waals surface area contributed by atoms with Gasteiger partial charge >= 0.3 is 0 Å². The van der Waals surface area contributed by atoms with Gasteiger partial charge in [0.05, 0.1) is 4.90 Å². The summed E-state index contributed by atoms with van der Waals surface area (Å²) in [5, 5.41) is 0. The molecule has 0 spiro atoms. The first-order valence-corrected chi connectivity index (χ1v) is 11.7. The first-order chi connectivity index (χ1) is 14.4. The molecule has 8 heteroatoms. The third-order valence-corrected chi connectivity index (χ3v) is 6.63. The van der Waals surface area contributed by atoms with E-state index >= 15 is 0 Å². The van der Waals surface area contributed by atoms with Gasteiger partial charge in [0.2, 0.25) is 15.9 Å². The van der Waals surface area contributed by atoms with Gasteiger partial charge in [-0.1, -0.05) is 55.7 Å². The van der Waals surface area contributed by atoms with E-state index in [0.717, 1.165) is 31.2 Å². The van der Waals surface area contributed by atoms with Crippen molar-refractivity contribution in [1.29, 1.82) is 0 Å². The lowest BCUT2D eigenvalue weighted by atomic mass is 9.87. The lowest BCUT2D eigenvalue weighted by Crippen LogP contribution is -2.42. The van der Waals surface area contributed by atoms with Crippen molar-refractivity contribution >= 4 is 21.8 Å². The number of nitrogens with one attached hydrogen (secondary N) is 3. The lowest BCUT2D eigenvalue weighted by molar-refractivity contribution is -0.123. The third-order valence-electron chi connectivity index (χ3n) is 5.23. The molecule has 0 atom stereocenters. The fraction of sp³-hybridized carbons (Fsp3) is 0.364. The average molecular weight is 430 g/mol. The Bertz CT molecular complexity index is 971. The maximum Gasteiger partial charge on any atom is 0.269 e. The molecule has 0 radical (unpaired) electrons. The van der Waals surface area contributed by atoms with Crippen LogP contribution in [0.4, 0.5) is 0 Å². The van der Waals surface area contributed by atoms with E-state index in [1.807, 2.05) is 30.3 Å². The van der Waals surface area contributed by atoms with Crippen molar-refractivity contribution in [3.63, 3.8) is 0 Å². The average Bonchev–Trinajstić information content (AvgIpc) is 2.77. The molecule has 30 heavy (non-hydrogen) atoms. The minimum atomic E-state index is -3.78. The second-order valence-electron chi connectivity index (χ2n) is 7.55. The number of carbonyl (C=O) groups is 2. The number of carbonyl (C=O) groups excluding carboxylic acids is 2. The quantitative estimate of drug-likeness (QED) is 0.589. The van der Waals surface area contributed by atoms with Gasteiger partial charge in [0, 0.05) is 18.5 Å². The van der Waals surface area contributed by atoms with Crippen molar-refractivity contribution in [1.82, 2.24) is 15.6 Å². The highest BCUT2D eigenvalue weighted by Crippen LogP contribution is 2.25. The molecular weight excluding hydrogens is 402 g/mol. The molecule has 160 valence electrons. The monoisotopic (exact) mass is 429 g/mol. The largest absolute Gasteiger partial charge is 0.273 e. The SMILES string of the molecule is O=C(CC1CCCCC1)NNC(=O)c1cccc(S(=O)(=O)NCc2ccccc2)c1. The Kier molecular flexibility index (Phi) is 7.59. The van der Waals surface area contributed by atoms with Crippen molar-refractivity contribution in [2.75, 3.05) is 0 Å². The molecule has 1 fully saturated rings. The van der Waals surface area contributed by atoms with Crippen LogP contribution in [-0.4, -0.2) is 20.2 Å². The fourth-order valence-corrected chi connectivity index (χ4v) is 4.63. The van der Waals surface area contributed by atoms with Crippen LogP contribution in [0.3, 0.4) is 0 Å². The summed E-state index contributed by atoms with van der Waals surface area (Å²) in [6.07, 6.45) is 5.97. The highest BCUT2D eigenvalue weighted by Gasteiger charge is 2.19. The maximum atomic E-state index is 12.6. The molecule has 0 aromatic heterocycles. The molecule has 0 heterocycles. The van der Waals surface area contributed by atoms with Crippen LogP contribution in [0.15, 0.2) is 59.5 Å². The van der Waals surface area contributed by atoms with Crippen LogP contribution in [0.5, 0.6) is 0 Å². The van der Waals surface area contributed by atoms with Crippen LogP contribution in [0.2, 0.25) is 0 Å². The molecule has 0 saturated heterocycles. The van der Waals surface area contributed by atoms with Gasteiger partial charge in [0.15, 0.2) is 0 Å². The van der Waals surface area contributed by atoms with Gasteiger partial charge in [-0.25, -0.2) is 13.1 Å². The van der Waals surface area contributed by atoms with E-state index in [2.05, 4.69) is 15.6 Å². The topological polar surface area (TPSA) is 104 Å². The highest BCUT2D eigenvalue weighted by molar-refractivity contribution is 7.89. The Morgan fingerprint density at radius 2 is 1.63 bits per heavy atom. The second-order valence-corrected chi connectivity index (χ2v) is 9.32. The molecule has 1 aliphatic rings. The summed E-state index contributed by atoms with van der Waals surface area (Å²) < 4.78 is 27.6. The smallest absolute Gasteiger partial charge is 0.269 e. The van der Waals surface area contributed by atoms with Crippen LogP contribution in [0.1, 0.15) is 54.4 Å². The molecule has 2 aromatic rings. The van der Waals surface area contributed by atoms with E-state index in [9.17, 15) is 18.0 Å². The molecular formula is C22H27N3O4S. The van der Waals surface area contributed by atoms with Crippen molar-refractivity contribution < 1.29 is 18.0 Å². The number of hydrogen-bond donors (Lipinski definition) is 3. The van der Waals surface area contributed by atoms with E-state index in [-0.39, 0.29) is 22.9 Å². The second kappa shape index (κ2) is 10.4. The zero-order valence-electron chi connectivity index (χ0n) is 16.8. The first-order valence-electron chi connectivity index (χ1n) is 10.2. The molecule has 0 aliphatic heterocycles. The lowest BCUT2D eigenvalue weighted by Gasteiger charge is -2.20. The predicted octanol–water partition coefficient (Wildman–Crippen LogP) is 2.90. The van der Waals surface area contributed by atoms with Crippen molar-refractivity contribution in [3.8, 4) is 0 Å². The molecule has 3 rings (SSSR count). The molecule has 2 amide bonds. The summed E-state index contributed by atoms with van der Waals surface area (Å²) in [6, 6.07) is 14.9. The van der Waals surface area contributed by atoms with Crippen molar-refractivity contribution in [3.05, 3.63) is 65.7 Å². The Morgan fingerprint density at radius 3 is 2.37 bits per heavy atom. The minimum Gasteiger partial charge on any atom is -0.273 e. The van der Waals surface area contributed by atoms with Gasteiger partial charge in [0.25, 0.3) is 5.91 Å². The van der Waals surface area contributed by atoms with Gasteiger partial charge in [-0.3, -0.25) is 20.4 Å². The van der Waals surface area contributed by atoms with Crippen LogP contribution in [0.25, 0.3) is 0 Å². The molecule has 0 unspecified atom stereocenters. The summed E-state index contributed by atoms with van der Waals surface area (Å²) in [4.78, 5) is 24.4. The number of sulfonamides is 1. The Balaban J connectivity index is 1.55. The number of amides is 2. The van der Waals surface area contributed by atoms with Crippen LogP contribution in [-0.2, 0) is 21.4 Å². The molecule has 7 nitrogen and oxygen atoms in total. The maximum absolute atomic E-state index is 12.6. The minimum absolute atomic E-state index is 0.0142. The predicted molar refractivity (Wildman–Crippen MR) is 114 cm³/mol. The first kappa shape index (κ1) is 22.0. The van der Waals surface area contributed by atoms with E-state index in [4.69, 9.17) is 0 Å². The number of hydrazine groups is 1. The normalized spacial score (nSPS) is 14.8. The molecule has 0 bridgehead atoms. The van der Waals surface area contributed by atoms with Crippen LogP contribution >= 0.6 is 0 Å². The summed E-state index contributed by atoms with van der Waals surface area (Å²) >= 11 is 0. The third kappa shape index (κ3) is 6.40. The van der Waals surface area contributed by atoms with Crippen molar-refractivity contribution in [2.45, 2.75) is 50.0 Å². The summed E-state index contributed by atoms with van der Waals surface area (Å²) in [7, 11) is -3.78. The summed E-state index contributed by atoms with van der Waals surface area (Å²) in [5.74, 6) is -0.435. The fourth-order valence-electron chi connectivity index (χ4n) is 3.57. The van der Waals surface area contributed by atoms with Gasteiger partial charge < -0.3 is 0 Å². The highest BCUT2D eigenvalue weighted by atomic mass is 32.2. The van der Waals surface area contributed by atoms with Gasteiger partial charge in [-0.05, 0) is 42.5 Å². The molecule has 1 aliphatic carbocycles. The number of rotatable bonds is 7. The van der Waals surface area contributed by atoms with Gasteiger partial charge in [0.1, 0.15) is 0 Å². The van der Waals surface area contributed by atoms with E-state index in [1.165, 1.54) is 30.7 Å². The number of hydrogen-bond acceptors (Lipinski definition) is 4. The van der Waals surface area contributed by atoms with E-state index in [0.29, 0.717) is 12.3 Å². The summed E-state index contributed by atoms with van der Waals surface area (Å²) in [5.41, 5.74) is 5.78. The Morgan fingerprint density at radius 1 is 0.900 bits per heavy atom. The summed E-state index contributed by atoms with van der Waals surface area (Å²) in [6.45, 7) is 0.150. The zero-order valence-corrected chi connectivity index (χ0v) is 17.6. The number of benzene rings is 2. The zero-order chi connectivity index (χ0) is 21.4.